The van der Waals surface area contributed by atoms with Crippen molar-refractivity contribution in [2.24, 2.45) is 0 Å². The summed E-state index contributed by atoms with van der Waals surface area (Å²) in [7, 11) is -3.26. The fraction of sp³-hybridized carbons (Fsp3) is 0.429. The SMILES string of the molecule is CS(=O)(=O)c1ccc(C(=O)N2CCCCC2C#N)cc1. The van der Waals surface area contributed by atoms with Gasteiger partial charge in [0.05, 0.1) is 11.0 Å². The molecular formula is C14H16N2O3S. The summed E-state index contributed by atoms with van der Waals surface area (Å²) in [5.74, 6) is -0.212. The van der Waals surface area contributed by atoms with E-state index in [9.17, 15) is 13.2 Å². The van der Waals surface area contributed by atoms with Gasteiger partial charge in [-0.25, -0.2) is 8.42 Å². The molecule has 1 fully saturated rings. The van der Waals surface area contributed by atoms with Crippen LogP contribution < -0.4 is 0 Å². The number of hydrogen-bond acceptors (Lipinski definition) is 4. The quantitative estimate of drug-likeness (QED) is 0.829. The van der Waals surface area contributed by atoms with E-state index in [-0.39, 0.29) is 16.8 Å². The van der Waals surface area contributed by atoms with Gasteiger partial charge in [-0.05, 0) is 43.5 Å². The van der Waals surface area contributed by atoms with Crippen molar-refractivity contribution in [3.63, 3.8) is 0 Å². The highest BCUT2D eigenvalue weighted by Crippen LogP contribution is 2.20. The first-order chi connectivity index (χ1) is 9.43. The number of amides is 1. The first-order valence-electron chi connectivity index (χ1n) is 6.44. The number of carbonyl (C=O) groups is 1. The third-order valence-corrected chi connectivity index (χ3v) is 4.57. The van der Waals surface area contributed by atoms with E-state index in [0.717, 1.165) is 19.1 Å². The smallest absolute Gasteiger partial charge is 0.254 e. The lowest BCUT2D eigenvalue weighted by Gasteiger charge is -2.31. The molecule has 1 unspecified atom stereocenters. The van der Waals surface area contributed by atoms with E-state index in [4.69, 9.17) is 5.26 Å². The fourth-order valence-corrected chi connectivity index (χ4v) is 2.95. The molecule has 0 saturated carbocycles. The summed E-state index contributed by atoms with van der Waals surface area (Å²) in [6.07, 6.45) is 3.67. The van der Waals surface area contributed by atoms with E-state index < -0.39 is 9.84 Å². The number of likely N-dealkylation sites (tertiary alicyclic amines) is 1. The van der Waals surface area contributed by atoms with Gasteiger partial charge >= 0.3 is 0 Å². The van der Waals surface area contributed by atoms with Crippen molar-refractivity contribution >= 4 is 15.7 Å². The first-order valence-corrected chi connectivity index (χ1v) is 8.33. The van der Waals surface area contributed by atoms with Gasteiger partial charge in [0.25, 0.3) is 5.91 Å². The number of piperidine rings is 1. The van der Waals surface area contributed by atoms with Crippen LogP contribution in [0.4, 0.5) is 0 Å². The third kappa shape index (κ3) is 2.99. The number of benzene rings is 1. The van der Waals surface area contributed by atoms with Crippen LogP contribution in [0.3, 0.4) is 0 Å². The molecule has 1 amide bonds. The van der Waals surface area contributed by atoms with Crippen molar-refractivity contribution in [2.75, 3.05) is 12.8 Å². The highest BCUT2D eigenvalue weighted by molar-refractivity contribution is 7.90. The maximum atomic E-state index is 12.4. The Kier molecular flexibility index (Phi) is 4.09. The fourth-order valence-electron chi connectivity index (χ4n) is 2.32. The standard InChI is InChI=1S/C14H16N2O3S/c1-20(18,19)13-7-5-11(6-8-13)14(17)16-9-3-2-4-12(16)10-15/h5-8,12H,2-4,9H2,1H3. The molecule has 0 radical (unpaired) electrons. The lowest BCUT2D eigenvalue weighted by molar-refractivity contribution is 0.0670. The van der Waals surface area contributed by atoms with Gasteiger partial charge in [-0.3, -0.25) is 4.79 Å². The molecular weight excluding hydrogens is 276 g/mol. The molecule has 1 heterocycles. The molecule has 1 aromatic rings. The summed E-state index contributed by atoms with van der Waals surface area (Å²) in [5, 5.41) is 9.08. The minimum atomic E-state index is -3.26. The monoisotopic (exact) mass is 292 g/mol. The van der Waals surface area contributed by atoms with Gasteiger partial charge in [-0.2, -0.15) is 5.26 Å². The molecule has 106 valence electrons. The Balaban J connectivity index is 2.23. The maximum absolute atomic E-state index is 12.4. The molecule has 1 aliphatic heterocycles. The van der Waals surface area contributed by atoms with Gasteiger partial charge in [0.15, 0.2) is 9.84 Å². The largest absolute Gasteiger partial charge is 0.323 e. The molecule has 0 spiro atoms. The molecule has 1 saturated heterocycles. The predicted octanol–water partition coefficient (Wildman–Crippen LogP) is 1.61. The van der Waals surface area contributed by atoms with Crippen LogP contribution in [0.1, 0.15) is 29.6 Å². The van der Waals surface area contributed by atoms with Crippen molar-refractivity contribution in [1.29, 1.82) is 5.26 Å². The van der Waals surface area contributed by atoms with Gasteiger partial charge in [0, 0.05) is 18.4 Å². The number of nitrogens with zero attached hydrogens (tertiary/aromatic N) is 2. The molecule has 0 bridgehead atoms. The molecule has 1 aliphatic rings. The van der Waals surface area contributed by atoms with Crippen molar-refractivity contribution in [3.8, 4) is 6.07 Å². The number of sulfone groups is 1. The van der Waals surface area contributed by atoms with Gasteiger partial charge in [-0.15, -0.1) is 0 Å². The lowest BCUT2D eigenvalue weighted by atomic mass is 10.0. The molecule has 0 aliphatic carbocycles. The second kappa shape index (κ2) is 5.63. The molecule has 6 heteroatoms. The summed E-state index contributed by atoms with van der Waals surface area (Å²) < 4.78 is 22.8. The normalized spacial score (nSPS) is 19.4. The molecule has 20 heavy (non-hydrogen) atoms. The van der Waals surface area contributed by atoms with Crippen LogP contribution in [0.2, 0.25) is 0 Å². The van der Waals surface area contributed by atoms with Crippen LogP contribution in [-0.4, -0.2) is 38.1 Å². The van der Waals surface area contributed by atoms with Crippen molar-refractivity contribution in [1.82, 2.24) is 4.90 Å². The summed E-state index contributed by atoms with van der Waals surface area (Å²) in [5.41, 5.74) is 0.416. The van der Waals surface area contributed by atoms with E-state index in [0.29, 0.717) is 18.5 Å². The average Bonchev–Trinajstić information content (AvgIpc) is 2.45. The molecule has 0 N–H and O–H groups in total. The van der Waals surface area contributed by atoms with Crippen LogP contribution >= 0.6 is 0 Å². The number of rotatable bonds is 2. The van der Waals surface area contributed by atoms with Crippen LogP contribution in [0.25, 0.3) is 0 Å². The van der Waals surface area contributed by atoms with E-state index in [1.54, 1.807) is 4.90 Å². The predicted molar refractivity (Wildman–Crippen MR) is 73.8 cm³/mol. The Morgan fingerprint density at radius 3 is 2.50 bits per heavy atom. The van der Waals surface area contributed by atoms with Crippen LogP contribution in [-0.2, 0) is 9.84 Å². The van der Waals surface area contributed by atoms with Crippen LogP contribution in [0.15, 0.2) is 29.2 Å². The Morgan fingerprint density at radius 2 is 1.95 bits per heavy atom. The molecule has 5 nitrogen and oxygen atoms in total. The third-order valence-electron chi connectivity index (χ3n) is 3.44. The summed E-state index contributed by atoms with van der Waals surface area (Å²) in [6, 6.07) is 7.62. The van der Waals surface area contributed by atoms with E-state index in [1.165, 1.54) is 24.3 Å². The highest BCUT2D eigenvalue weighted by Gasteiger charge is 2.27. The van der Waals surface area contributed by atoms with Crippen molar-refractivity contribution in [3.05, 3.63) is 29.8 Å². The zero-order valence-corrected chi connectivity index (χ0v) is 12.1. The minimum Gasteiger partial charge on any atom is -0.323 e. The summed E-state index contributed by atoms with van der Waals surface area (Å²) in [6.45, 7) is 0.574. The zero-order valence-electron chi connectivity index (χ0n) is 11.2. The number of carbonyl (C=O) groups excluding carboxylic acids is 1. The van der Waals surface area contributed by atoms with Crippen molar-refractivity contribution in [2.45, 2.75) is 30.2 Å². The molecule has 1 atom stereocenters. The first kappa shape index (κ1) is 14.5. The Hall–Kier alpha value is -1.87. The van der Waals surface area contributed by atoms with E-state index in [2.05, 4.69) is 6.07 Å². The summed E-state index contributed by atoms with van der Waals surface area (Å²) in [4.78, 5) is 14.1. The average molecular weight is 292 g/mol. The second-order valence-corrected chi connectivity index (χ2v) is 6.95. The second-order valence-electron chi connectivity index (χ2n) is 4.94. The van der Waals surface area contributed by atoms with Gasteiger partial charge in [0.1, 0.15) is 6.04 Å². The zero-order chi connectivity index (χ0) is 14.8. The highest BCUT2D eigenvalue weighted by atomic mass is 32.2. The lowest BCUT2D eigenvalue weighted by Crippen LogP contribution is -2.42. The topological polar surface area (TPSA) is 78.2 Å². The van der Waals surface area contributed by atoms with Crippen molar-refractivity contribution < 1.29 is 13.2 Å². The molecule has 1 aromatic carbocycles. The Bertz CT molecular complexity index is 644. The molecule has 0 aromatic heterocycles. The minimum absolute atomic E-state index is 0.185. The molecule has 2 rings (SSSR count). The van der Waals surface area contributed by atoms with Gasteiger partial charge in [-0.1, -0.05) is 0 Å². The Labute approximate surface area is 118 Å². The van der Waals surface area contributed by atoms with Gasteiger partial charge < -0.3 is 4.90 Å². The van der Waals surface area contributed by atoms with Crippen LogP contribution in [0.5, 0.6) is 0 Å². The van der Waals surface area contributed by atoms with E-state index >= 15 is 0 Å². The number of hydrogen-bond donors (Lipinski definition) is 0. The maximum Gasteiger partial charge on any atom is 0.254 e. The van der Waals surface area contributed by atoms with Crippen LogP contribution in [0, 0.1) is 11.3 Å². The van der Waals surface area contributed by atoms with Gasteiger partial charge in [0.2, 0.25) is 0 Å². The summed E-state index contributed by atoms with van der Waals surface area (Å²) >= 11 is 0. The number of nitriles is 1. The Morgan fingerprint density at radius 1 is 1.30 bits per heavy atom. The van der Waals surface area contributed by atoms with E-state index in [1.807, 2.05) is 0 Å².